The molecule has 2 N–H and O–H groups in total. The molecule has 1 saturated carbocycles. The third kappa shape index (κ3) is 3.40. The Balaban J connectivity index is 2.30. The second-order valence-electron chi connectivity index (χ2n) is 3.51. The Morgan fingerprint density at radius 1 is 1.54 bits per heavy atom. The zero-order valence-electron chi connectivity index (χ0n) is 7.97. The quantitative estimate of drug-likeness (QED) is 0.649. The minimum absolute atomic E-state index is 0.380. The normalized spacial score (nSPS) is 20.1. The van der Waals surface area contributed by atoms with Gasteiger partial charge in [0.15, 0.2) is 0 Å². The van der Waals surface area contributed by atoms with E-state index in [1.807, 2.05) is 13.1 Å². The first-order valence-corrected chi connectivity index (χ1v) is 4.67. The summed E-state index contributed by atoms with van der Waals surface area (Å²) in [6.07, 6.45) is 6.44. The Hall–Kier alpha value is -1.12. The summed E-state index contributed by atoms with van der Waals surface area (Å²) < 4.78 is 0. The average Bonchev–Trinajstić information content (AvgIpc) is 2.16. The van der Waals surface area contributed by atoms with Crippen LogP contribution in [0.3, 0.4) is 0 Å². The fourth-order valence-electron chi connectivity index (χ4n) is 1.40. The van der Waals surface area contributed by atoms with E-state index in [9.17, 15) is 4.79 Å². The van der Waals surface area contributed by atoms with Crippen LogP contribution in [0.4, 0.5) is 0 Å². The van der Waals surface area contributed by atoms with Crippen LogP contribution < -0.4 is 5.32 Å². The van der Waals surface area contributed by atoms with Crippen molar-refractivity contribution in [3.63, 3.8) is 0 Å². The van der Waals surface area contributed by atoms with Crippen LogP contribution >= 0.6 is 0 Å². The highest BCUT2D eigenvalue weighted by Gasteiger charge is 2.16. The summed E-state index contributed by atoms with van der Waals surface area (Å²) in [4.78, 5) is 10.9. The van der Waals surface area contributed by atoms with Gasteiger partial charge in [-0.2, -0.15) is 0 Å². The predicted molar refractivity (Wildman–Crippen MR) is 52.9 cm³/mol. The minimum Gasteiger partial charge on any atom is -0.388 e. The summed E-state index contributed by atoms with van der Waals surface area (Å²) in [5.41, 5.74) is 0.914. The number of allylic oxidation sites excluding steroid dienone is 1. The van der Waals surface area contributed by atoms with E-state index in [4.69, 9.17) is 5.41 Å². The van der Waals surface area contributed by atoms with Gasteiger partial charge < -0.3 is 10.7 Å². The molecule has 0 amide bonds. The zero-order valence-corrected chi connectivity index (χ0v) is 7.97. The van der Waals surface area contributed by atoms with Crippen LogP contribution in [0.2, 0.25) is 0 Å². The van der Waals surface area contributed by atoms with Crippen LogP contribution in [0.1, 0.15) is 32.6 Å². The van der Waals surface area contributed by atoms with E-state index in [2.05, 4.69) is 5.32 Å². The lowest BCUT2D eigenvalue weighted by atomic mass is 9.94. The number of rotatable bonds is 3. The van der Waals surface area contributed by atoms with Gasteiger partial charge in [-0.05, 0) is 25.3 Å². The molecule has 0 bridgehead atoms. The summed E-state index contributed by atoms with van der Waals surface area (Å²) in [5.74, 6) is 0.380. The average molecular weight is 180 g/mol. The van der Waals surface area contributed by atoms with Crippen molar-refractivity contribution in [3.05, 3.63) is 11.8 Å². The van der Waals surface area contributed by atoms with Crippen molar-refractivity contribution in [1.82, 2.24) is 5.32 Å². The van der Waals surface area contributed by atoms with Gasteiger partial charge in [-0.15, -0.1) is 0 Å². The molecular formula is C10H16N2O. The van der Waals surface area contributed by atoms with Gasteiger partial charge in [-0.25, -0.2) is 0 Å². The molecule has 0 atom stereocenters. The smallest absolute Gasteiger partial charge is 0.133 e. The van der Waals surface area contributed by atoms with Crippen LogP contribution in [0, 0.1) is 5.41 Å². The molecule has 1 fully saturated rings. The van der Waals surface area contributed by atoms with E-state index in [0.29, 0.717) is 24.7 Å². The number of ketones is 1. The maximum Gasteiger partial charge on any atom is 0.133 e. The van der Waals surface area contributed by atoms with Crippen molar-refractivity contribution in [1.29, 1.82) is 5.41 Å². The fraction of sp³-hybridized carbons (Fsp3) is 0.600. The molecule has 0 saturated heterocycles. The Labute approximate surface area is 78.7 Å². The number of carbonyl (C=O) groups excluding carboxylic acids is 1. The maximum atomic E-state index is 10.9. The molecule has 1 aliphatic rings. The van der Waals surface area contributed by atoms with Crippen LogP contribution in [0.5, 0.6) is 0 Å². The SMILES string of the molecule is C/C(C=N)=C/NC1CCC(=O)CC1. The highest BCUT2D eigenvalue weighted by Crippen LogP contribution is 2.14. The first-order valence-electron chi connectivity index (χ1n) is 4.67. The third-order valence-corrected chi connectivity index (χ3v) is 2.32. The lowest BCUT2D eigenvalue weighted by Crippen LogP contribution is -2.29. The largest absolute Gasteiger partial charge is 0.388 e. The highest BCUT2D eigenvalue weighted by molar-refractivity contribution is 5.79. The lowest BCUT2D eigenvalue weighted by Gasteiger charge is -2.21. The standard InChI is InChI=1S/C10H16N2O/c1-8(6-11)7-12-9-2-4-10(13)5-3-9/h6-7,9,11-12H,2-5H2,1H3/b8-7-,11-6?. The van der Waals surface area contributed by atoms with E-state index in [0.717, 1.165) is 18.4 Å². The van der Waals surface area contributed by atoms with Crippen molar-refractivity contribution in [2.24, 2.45) is 0 Å². The molecule has 0 aliphatic heterocycles. The van der Waals surface area contributed by atoms with Gasteiger partial charge in [0.1, 0.15) is 5.78 Å². The number of nitrogens with one attached hydrogen (secondary N) is 2. The number of hydrogen-bond acceptors (Lipinski definition) is 3. The van der Waals surface area contributed by atoms with E-state index >= 15 is 0 Å². The second-order valence-corrected chi connectivity index (χ2v) is 3.51. The number of Topliss-reactive ketones (excluding diaryl/α,β-unsaturated/α-hetero) is 1. The van der Waals surface area contributed by atoms with Gasteiger partial charge in [0.2, 0.25) is 0 Å². The molecule has 72 valence electrons. The van der Waals surface area contributed by atoms with Crippen LogP contribution in [-0.4, -0.2) is 18.0 Å². The monoisotopic (exact) mass is 180 g/mol. The van der Waals surface area contributed by atoms with Crippen molar-refractivity contribution in [3.8, 4) is 0 Å². The molecular weight excluding hydrogens is 164 g/mol. The van der Waals surface area contributed by atoms with Crippen LogP contribution in [0.15, 0.2) is 11.8 Å². The second kappa shape index (κ2) is 4.80. The summed E-state index contributed by atoms with van der Waals surface area (Å²) in [5, 5.41) is 10.2. The molecule has 13 heavy (non-hydrogen) atoms. The third-order valence-electron chi connectivity index (χ3n) is 2.32. The molecule has 0 aromatic heterocycles. The first-order chi connectivity index (χ1) is 6.22. The van der Waals surface area contributed by atoms with Crippen molar-refractivity contribution in [2.45, 2.75) is 38.6 Å². The summed E-state index contributed by atoms with van der Waals surface area (Å²) in [6.45, 7) is 1.88. The zero-order chi connectivity index (χ0) is 9.68. The van der Waals surface area contributed by atoms with Crippen molar-refractivity contribution < 1.29 is 4.79 Å². The molecule has 0 aromatic carbocycles. The number of hydrogen-bond donors (Lipinski definition) is 2. The molecule has 0 radical (unpaired) electrons. The molecule has 3 nitrogen and oxygen atoms in total. The number of carbonyl (C=O) groups is 1. The first kappa shape index (κ1) is 9.96. The Morgan fingerprint density at radius 2 is 2.15 bits per heavy atom. The summed E-state index contributed by atoms with van der Waals surface area (Å²) in [6, 6.07) is 0.424. The summed E-state index contributed by atoms with van der Waals surface area (Å²) >= 11 is 0. The van der Waals surface area contributed by atoms with Crippen molar-refractivity contribution >= 4 is 12.0 Å². The molecule has 1 rings (SSSR count). The van der Waals surface area contributed by atoms with Gasteiger partial charge in [0.05, 0.1) is 0 Å². The molecule has 0 spiro atoms. The molecule has 0 heterocycles. The molecule has 0 unspecified atom stereocenters. The van der Waals surface area contributed by atoms with E-state index in [1.54, 1.807) is 0 Å². The van der Waals surface area contributed by atoms with Gasteiger partial charge in [0.25, 0.3) is 0 Å². The fourth-order valence-corrected chi connectivity index (χ4v) is 1.40. The predicted octanol–water partition coefficient (Wildman–Crippen LogP) is 1.64. The Morgan fingerprint density at radius 3 is 2.69 bits per heavy atom. The van der Waals surface area contributed by atoms with Crippen LogP contribution in [-0.2, 0) is 4.79 Å². The highest BCUT2D eigenvalue weighted by atomic mass is 16.1. The Kier molecular flexibility index (Phi) is 3.68. The maximum absolute atomic E-state index is 10.9. The van der Waals surface area contributed by atoms with Crippen LogP contribution in [0.25, 0.3) is 0 Å². The molecule has 3 heteroatoms. The molecule has 1 aliphatic carbocycles. The summed E-state index contributed by atoms with van der Waals surface area (Å²) in [7, 11) is 0. The van der Waals surface area contributed by atoms with E-state index in [-0.39, 0.29) is 0 Å². The lowest BCUT2D eigenvalue weighted by molar-refractivity contribution is -0.120. The minimum atomic E-state index is 0.380. The van der Waals surface area contributed by atoms with E-state index in [1.165, 1.54) is 6.21 Å². The van der Waals surface area contributed by atoms with Gasteiger partial charge in [-0.3, -0.25) is 4.79 Å². The topological polar surface area (TPSA) is 53.0 Å². The van der Waals surface area contributed by atoms with Gasteiger partial charge >= 0.3 is 0 Å². The van der Waals surface area contributed by atoms with Gasteiger partial charge in [-0.1, -0.05) is 0 Å². The van der Waals surface area contributed by atoms with Crippen molar-refractivity contribution in [2.75, 3.05) is 0 Å². The van der Waals surface area contributed by atoms with Gasteiger partial charge in [0, 0.05) is 31.3 Å². The Bertz CT molecular complexity index is 223. The van der Waals surface area contributed by atoms with E-state index < -0.39 is 0 Å². The molecule has 0 aromatic rings.